The highest BCUT2D eigenvalue weighted by Gasteiger charge is 2.24. The van der Waals surface area contributed by atoms with E-state index in [2.05, 4.69) is 17.1 Å². The molecule has 1 aliphatic heterocycles. The fraction of sp³-hybridized carbons (Fsp3) is 0.357. The smallest absolute Gasteiger partial charge is 0.255 e. The van der Waals surface area contributed by atoms with Crippen LogP contribution in [-0.4, -0.2) is 37.9 Å². The molecule has 1 aromatic heterocycles. The van der Waals surface area contributed by atoms with E-state index >= 15 is 0 Å². The number of hydrogen-bond donors (Lipinski definition) is 0. The minimum absolute atomic E-state index is 0.0249. The Balaban J connectivity index is 1.86. The van der Waals surface area contributed by atoms with Crippen molar-refractivity contribution in [3.63, 3.8) is 0 Å². The molecule has 110 valence electrons. The number of carbonyl (C=O) groups is 1. The van der Waals surface area contributed by atoms with E-state index in [4.69, 9.17) is 11.6 Å². The van der Waals surface area contributed by atoms with Gasteiger partial charge in [-0.25, -0.2) is 0 Å². The number of aromatic nitrogens is 3. The second kappa shape index (κ2) is 6.07. The van der Waals surface area contributed by atoms with Gasteiger partial charge in [0.25, 0.3) is 5.91 Å². The van der Waals surface area contributed by atoms with Crippen molar-refractivity contribution in [2.75, 3.05) is 12.3 Å². The van der Waals surface area contributed by atoms with Gasteiger partial charge < -0.3 is 9.47 Å². The van der Waals surface area contributed by atoms with Gasteiger partial charge in [-0.15, -0.1) is 22.0 Å². The van der Waals surface area contributed by atoms with E-state index in [0.29, 0.717) is 23.7 Å². The molecule has 0 saturated carbocycles. The van der Waals surface area contributed by atoms with Gasteiger partial charge in [-0.3, -0.25) is 4.79 Å². The fourth-order valence-electron chi connectivity index (χ4n) is 2.36. The number of hydrogen-bond acceptors (Lipinski definition) is 4. The molecule has 0 radical (unpaired) electrons. The number of benzene rings is 1. The van der Waals surface area contributed by atoms with E-state index in [-0.39, 0.29) is 5.91 Å². The van der Waals surface area contributed by atoms with Crippen LogP contribution in [0.1, 0.15) is 23.1 Å². The highest BCUT2D eigenvalue weighted by atomic mass is 35.5. The molecule has 0 bridgehead atoms. The van der Waals surface area contributed by atoms with Crippen LogP contribution in [0.25, 0.3) is 0 Å². The van der Waals surface area contributed by atoms with E-state index in [9.17, 15) is 4.79 Å². The topological polar surface area (TPSA) is 51.0 Å². The van der Waals surface area contributed by atoms with Gasteiger partial charge >= 0.3 is 0 Å². The molecular formula is C14H15ClN4OS. The summed E-state index contributed by atoms with van der Waals surface area (Å²) < 4.78 is 1.98. The van der Waals surface area contributed by atoms with Gasteiger partial charge in [0.2, 0.25) is 0 Å². The van der Waals surface area contributed by atoms with Crippen molar-refractivity contribution < 1.29 is 4.79 Å². The first-order chi connectivity index (χ1) is 10.2. The van der Waals surface area contributed by atoms with Crippen molar-refractivity contribution in [2.45, 2.75) is 24.9 Å². The minimum Gasteiger partial charge on any atom is -0.329 e. The summed E-state index contributed by atoms with van der Waals surface area (Å²) in [5, 5.41) is 8.58. The van der Waals surface area contributed by atoms with Crippen molar-refractivity contribution in [3.8, 4) is 0 Å². The van der Waals surface area contributed by atoms with E-state index in [1.807, 2.05) is 21.6 Å². The number of halogens is 1. The van der Waals surface area contributed by atoms with E-state index < -0.39 is 0 Å². The van der Waals surface area contributed by atoms with Gasteiger partial charge in [-0.2, -0.15) is 0 Å². The van der Waals surface area contributed by atoms with Gasteiger partial charge in [0.15, 0.2) is 5.82 Å². The summed E-state index contributed by atoms with van der Waals surface area (Å²) in [6.45, 7) is 3.96. The molecule has 0 aliphatic carbocycles. The normalized spacial score (nSPS) is 14.1. The Labute approximate surface area is 132 Å². The Morgan fingerprint density at radius 2 is 2.29 bits per heavy atom. The zero-order chi connectivity index (χ0) is 14.8. The molecule has 0 N–H and O–H groups in total. The molecule has 2 aromatic rings. The molecule has 2 heterocycles. The summed E-state index contributed by atoms with van der Waals surface area (Å²) in [4.78, 5) is 15.5. The number of thioether (sulfide) groups is 1. The SMILES string of the molecule is CCSc1cc(Cl)ccc1C(=O)N1CCn2cnnc2C1. The monoisotopic (exact) mass is 322 g/mol. The lowest BCUT2D eigenvalue weighted by atomic mass is 10.2. The summed E-state index contributed by atoms with van der Waals surface area (Å²) in [5.74, 6) is 1.75. The van der Waals surface area contributed by atoms with Crippen LogP contribution in [0, 0.1) is 0 Å². The Kier molecular flexibility index (Phi) is 4.17. The molecule has 0 unspecified atom stereocenters. The molecule has 3 rings (SSSR count). The lowest BCUT2D eigenvalue weighted by Crippen LogP contribution is -2.38. The highest BCUT2D eigenvalue weighted by Crippen LogP contribution is 2.28. The molecule has 0 spiro atoms. The van der Waals surface area contributed by atoms with Crippen LogP contribution < -0.4 is 0 Å². The molecular weight excluding hydrogens is 308 g/mol. The quantitative estimate of drug-likeness (QED) is 0.815. The fourth-order valence-corrected chi connectivity index (χ4v) is 3.43. The van der Waals surface area contributed by atoms with Gasteiger partial charge in [0, 0.05) is 23.0 Å². The molecule has 21 heavy (non-hydrogen) atoms. The Morgan fingerprint density at radius 1 is 1.43 bits per heavy atom. The van der Waals surface area contributed by atoms with E-state index in [1.165, 1.54) is 0 Å². The molecule has 1 amide bonds. The van der Waals surface area contributed by atoms with Crippen molar-refractivity contribution in [3.05, 3.63) is 40.9 Å². The summed E-state index contributed by atoms with van der Waals surface area (Å²) in [7, 11) is 0. The highest BCUT2D eigenvalue weighted by molar-refractivity contribution is 7.99. The zero-order valence-electron chi connectivity index (χ0n) is 11.6. The standard InChI is InChI=1S/C14H15ClN4OS/c1-2-21-12-7-10(15)3-4-11(12)14(20)18-5-6-19-9-16-17-13(19)8-18/h3-4,7,9H,2,5-6,8H2,1H3. The molecule has 1 aromatic carbocycles. The van der Waals surface area contributed by atoms with Crippen molar-refractivity contribution in [1.29, 1.82) is 0 Å². The lowest BCUT2D eigenvalue weighted by molar-refractivity contribution is 0.0704. The second-order valence-electron chi connectivity index (χ2n) is 4.74. The maximum absolute atomic E-state index is 12.8. The lowest BCUT2D eigenvalue weighted by Gasteiger charge is -2.27. The Hall–Kier alpha value is -1.53. The number of nitrogens with zero attached hydrogens (tertiary/aromatic N) is 4. The third-order valence-corrected chi connectivity index (χ3v) is 4.57. The van der Waals surface area contributed by atoms with Crippen molar-refractivity contribution in [1.82, 2.24) is 19.7 Å². The number of carbonyl (C=O) groups excluding carboxylic acids is 1. The molecule has 1 aliphatic rings. The summed E-state index contributed by atoms with van der Waals surface area (Å²) in [6, 6.07) is 5.43. The predicted molar refractivity (Wildman–Crippen MR) is 82.6 cm³/mol. The van der Waals surface area contributed by atoms with Crippen LogP contribution in [-0.2, 0) is 13.1 Å². The molecule has 0 atom stereocenters. The maximum atomic E-state index is 12.8. The third kappa shape index (κ3) is 2.91. The van der Waals surface area contributed by atoms with Crippen LogP contribution in [0.2, 0.25) is 5.02 Å². The Bertz CT molecular complexity index is 673. The van der Waals surface area contributed by atoms with Crippen LogP contribution in [0.15, 0.2) is 29.4 Å². The first-order valence-electron chi connectivity index (χ1n) is 6.77. The second-order valence-corrected chi connectivity index (χ2v) is 6.48. The van der Waals surface area contributed by atoms with Gasteiger partial charge in [-0.1, -0.05) is 18.5 Å². The zero-order valence-corrected chi connectivity index (χ0v) is 13.2. The number of rotatable bonds is 3. The first kappa shape index (κ1) is 14.4. The van der Waals surface area contributed by atoms with Crippen LogP contribution in [0.4, 0.5) is 0 Å². The molecule has 5 nitrogen and oxygen atoms in total. The Morgan fingerprint density at radius 3 is 3.10 bits per heavy atom. The number of fused-ring (bicyclic) bond motifs is 1. The third-order valence-electron chi connectivity index (χ3n) is 3.40. The van der Waals surface area contributed by atoms with Crippen molar-refractivity contribution >= 4 is 29.3 Å². The van der Waals surface area contributed by atoms with E-state index in [0.717, 1.165) is 23.0 Å². The maximum Gasteiger partial charge on any atom is 0.255 e. The van der Waals surface area contributed by atoms with Crippen LogP contribution >= 0.6 is 23.4 Å². The minimum atomic E-state index is 0.0249. The summed E-state index contributed by atoms with van der Waals surface area (Å²) >= 11 is 7.67. The van der Waals surface area contributed by atoms with Gasteiger partial charge in [0.1, 0.15) is 6.33 Å². The largest absolute Gasteiger partial charge is 0.329 e. The average Bonchev–Trinajstić information content (AvgIpc) is 2.94. The summed E-state index contributed by atoms with van der Waals surface area (Å²) in [6.07, 6.45) is 1.71. The molecule has 0 saturated heterocycles. The van der Waals surface area contributed by atoms with Gasteiger partial charge in [0.05, 0.1) is 12.1 Å². The average molecular weight is 323 g/mol. The first-order valence-corrected chi connectivity index (χ1v) is 8.13. The summed E-state index contributed by atoms with van der Waals surface area (Å²) in [5.41, 5.74) is 0.708. The van der Waals surface area contributed by atoms with E-state index in [1.54, 1.807) is 24.2 Å². The van der Waals surface area contributed by atoms with Crippen molar-refractivity contribution in [2.24, 2.45) is 0 Å². The number of amides is 1. The van der Waals surface area contributed by atoms with Crippen LogP contribution in [0.3, 0.4) is 0 Å². The predicted octanol–water partition coefficient (Wildman–Crippen LogP) is 2.70. The molecule has 0 fully saturated rings. The van der Waals surface area contributed by atoms with Crippen LogP contribution in [0.5, 0.6) is 0 Å². The van der Waals surface area contributed by atoms with Gasteiger partial charge in [-0.05, 0) is 24.0 Å². The molecule has 7 heteroatoms.